The van der Waals surface area contributed by atoms with Crippen molar-refractivity contribution in [3.05, 3.63) is 29.3 Å². The molecule has 0 fully saturated rings. The predicted octanol–water partition coefficient (Wildman–Crippen LogP) is 0.776. The van der Waals surface area contributed by atoms with Crippen molar-refractivity contribution in [2.45, 2.75) is 19.0 Å². The van der Waals surface area contributed by atoms with Gasteiger partial charge in [0.25, 0.3) is 0 Å². The Morgan fingerprint density at radius 2 is 2.33 bits per heavy atom. The lowest BCUT2D eigenvalue weighted by molar-refractivity contribution is 0.128. The average Bonchev–Trinajstić information content (AvgIpc) is 2.76. The molecular formula is C14H22N2O2. The van der Waals surface area contributed by atoms with Crippen molar-refractivity contribution in [3.63, 3.8) is 0 Å². The van der Waals surface area contributed by atoms with Gasteiger partial charge in [0.05, 0.1) is 19.3 Å². The lowest BCUT2D eigenvalue weighted by Gasteiger charge is -2.16. The zero-order valence-corrected chi connectivity index (χ0v) is 11.1. The molecule has 0 spiro atoms. The molecule has 1 atom stereocenters. The van der Waals surface area contributed by atoms with Gasteiger partial charge in [-0.15, -0.1) is 0 Å². The Morgan fingerprint density at radius 3 is 3.06 bits per heavy atom. The van der Waals surface area contributed by atoms with Crippen molar-refractivity contribution >= 4 is 5.69 Å². The zero-order valence-electron chi connectivity index (χ0n) is 11.1. The standard InChI is InChI=1S/C14H22N2O2/c1-16-6-5-12-7-11(3-4-14(12)16)8-15-13(9-17)10-18-2/h3-4,7,13,15,17H,5-6,8-10H2,1-2H3. The van der Waals surface area contributed by atoms with E-state index in [-0.39, 0.29) is 12.6 Å². The Kier molecular flexibility index (Phi) is 4.58. The van der Waals surface area contributed by atoms with E-state index in [1.54, 1.807) is 7.11 Å². The molecule has 18 heavy (non-hydrogen) atoms. The van der Waals surface area contributed by atoms with Crippen LogP contribution in [0.15, 0.2) is 18.2 Å². The highest BCUT2D eigenvalue weighted by molar-refractivity contribution is 5.58. The number of rotatable bonds is 6. The third-order valence-electron chi connectivity index (χ3n) is 3.45. The minimum absolute atomic E-state index is 0.00549. The van der Waals surface area contributed by atoms with Crippen LogP contribution in [0.3, 0.4) is 0 Å². The normalized spacial score (nSPS) is 15.8. The molecular weight excluding hydrogens is 228 g/mol. The van der Waals surface area contributed by atoms with Crippen LogP contribution in [0.1, 0.15) is 11.1 Å². The van der Waals surface area contributed by atoms with Crippen LogP contribution in [-0.2, 0) is 17.7 Å². The third-order valence-corrected chi connectivity index (χ3v) is 3.45. The second-order valence-corrected chi connectivity index (χ2v) is 4.85. The molecule has 0 radical (unpaired) electrons. The van der Waals surface area contributed by atoms with E-state index >= 15 is 0 Å². The SMILES string of the molecule is COCC(CO)NCc1ccc2c(c1)CCN2C. The number of hydrogen-bond donors (Lipinski definition) is 2. The number of benzene rings is 1. The van der Waals surface area contributed by atoms with Gasteiger partial charge < -0.3 is 20.1 Å². The van der Waals surface area contributed by atoms with Gasteiger partial charge in [0.2, 0.25) is 0 Å². The Morgan fingerprint density at radius 1 is 1.50 bits per heavy atom. The lowest BCUT2D eigenvalue weighted by atomic mass is 10.1. The predicted molar refractivity (Wildman–Crippen MR) is 73.0 cm³/mol. The number of fused-ring (bicyclic) bond motifs is 1. The van der Waals surface area contributed by atoms with Crippen LogP contribution in [0.25, 0.3) is 0 Å². The van der Waals surface area contributed by atoms with Gasteiger partial charge in [0.15, 0.2) is 0 Å². The first-order valence-electron chi connectivity index (χ1n) is 6.40. The Bertz CT molecular complexity index is 395. The van der Waals surface area contributed by atoms with Gasteiger partial charge in [-0.25, -0.2) is 0 Å². The summed E-state index contributed by atoms with van der Waals surface area (Å²) in [5, 5.41) is 12.5. The summed E-state index contributed by atoms with van der Waals surface area (Å²) in [7, 11) is 3.78. The highest BCUT2D eigenvalue weighted by atomic mass is 16.5. The number of likely N-dealkylation sites (N-methyl/N-ethyl adjacent to an activating group) is 1. The number of anilines is 1. The first-order chi connectivity index (χ1) is 8.74. The van der Waals surface area contributed by atoms with Gasteiger partial charge in [-0.2, -0.15) is 0 Å². The Labute approximate surface area is 109 Å². The van der Waals surface area contributed by atoms with Gasteiger partial charge in [0.1, 0.15) is 0 Å². The number of nitrogens with zero attached hydrogens (tertiary/aromatic N) is 1. The second-order valence-electron chi connectivity index (χ2n) is 4.85. The van der Waals surface area contributed by atoms with Crippen LogP contribution in [0, 0.1) is 0 Å². The quantitative estimate of drug-likeness (QED) is 0.783. The van der Waals surface area contributed by atoms with Crippen molar-refractivity contribution in [3.8, 4) is 0 Å². The maximum Gasteiger partial charge on any atom is 0.0638 e. The summed E-state index contributed by atoms with van der Waals surface area (Å²) in [6.45, 7) is 2.51. The number of aliphatic hydroxyl groups excluding tert-OH is 1. The number of aliphatic hydroxyl groups is 1. The minimum Gasteiger partial charge on any atom is -0.395 e. The highest BCUT2D eigenvalue weighted by Crippen LogP contribution is 2.27. The summed E-state index contributed by atoms with van der Waals surface area (Å²) in [5.74, 6) is 0. The molecule has 100 valence electrons. The smallest absolute Gasteiger partial charge is 0.0638 e. The summed E-state index contributed by atoms with van der Waals surface area (Å²) in [4.78, 5) is 2.29. The van der Waals surface area contributed by atoms with E-state index in [0.717, 1.165) is 19.5 Å². The Balaban J connectivity index is 1.94. The van der Waals surface area contributed by atoms with Gasteiger partial charge in [0, 0.05) is 32.9 Å². The van der Waals surface area contributed by atoms with Gasteiger partial charge in [-0.3, -0.25) is 0 Å². The summed E-state index contributed by atoms with van der Waals surface area (Å²) >= 11 is 0. The maximum atomic E-state index is 9.18. The van der Waals surface area contributed by atoms with Gasteiger partial charge in [-0.05, 0) is 23.6 Å². The number of ether oxygens (including phenoxy) is 1. The summed E-state index contributed by atoms with van der Waals surface area (Å²) in [6.07, 6.45) is 1.13. The molecule has 1 aromatic carbocycles. The fourth-order valence-corrected chi connectivity index (χ4v) is 2.37. The van der Waals surface area contributed by atoms with Crippen LogP contribution in [0.5, 0.6) is 0 Å². The van der Waals surface area contributed by atoms with Crippen LogP contribution >= 0.6 is 0 Å². The molecule has 4 nitrogen and oxygen atoms in total. The van der Waals surface area contributed by atoms with Crippen molar-refractivity contribution in [2.75, 3.05) is 38.8 Å². The number of methoxy groups -OCH3 is 1. The van der Waals surface area contributed by atoms with Crippen LogP contribution in [0.4, 0.5) is 5.69 Å². The van der Waals surface area contributed by atoms with Gasteiger partial charge >= 0.3 is 0 Å². The van der Waals surface area contributed by atoms with Crippen LogP contribution in [-0.4, -0.2) is 45.1 Å². The third kappa shape index (κ3) is 3.02. The summed E-state index contributed by atoms with van der Waals surface area (Å²) in [5.41, 5.74) is 4.03. The maximum absolute atomic E-state index is 9.18. The molecule has 1 aliphatic heterocycles. The van der Waals surface area contributed by atoms with E-state index in [2.05, 4.69) is 35.5 Å². The fraction of sp³-hybridized carbons (Fsp3) is 0.571. The van der Waals surface area contributed by atoms with E-state index in [0.29, 0.717) is 6.61 Å². The van der Waals surface area contributed by atoms with E-state index in [9.17, 15) is 5.11 Å². The molecule has 1 unspecified atom stereocenters. The van der Waals surface area contributed by atoms with Crippen LogP contribution in [0.2, 0.25) is 0 Å². The van der Waals surface area contributed by atoms with Crippen molar-refractivity contribution < 1.29 is 9.84 Å². The number of nitrogens with one attached hydrogen (secondary N) is 1. The molecule has 0 aromatic heterocycles. The van der Waals surface area contributed by atoms with E-state index in [1.807, 2.05) is 0 Å². The lowest BCUT2D eigenvalue weighted by Crippen LogP contribution is -2.35. The molecule has 2 rings (SSSR count). The molecule has 2 N–H and O–H groups in total. The van der Waals surface area contributed by atoms with Crippen molar-refractivity contribution in [1.82, 2.24) is 5.32 Å². The van der Waals surface area contributed by atoms with Crippen LogP contribution < -0.4 is 10.2 Å². The van der Waals surface area contributed by atoms with E-state index in [4.69, 9.17) is 4.74 Å². The van der Waals surface area contributed by atoms with Gasteiger partial charge in [-0.1, -0.05) is 12.1 Å². The van der Waals surface area contributed by atoms with E-state index in [1.165, 1.54) is 16.8 Å². The molecule has 0 saturated carbocycles. The zero-order chi connectivity index (χ0) is 13.0. The molecule has 1 aliphatic rings. The first kappa shape index (κ1) is 13.3. The molecule has 0 saturated heterocycles. The molecule has 0 aliphatic carbocycles. The minimum atomic E-state index is 0.00549. The molecule has 1 heterocycles. The van der Waals surface area contributed by atoms with E-state index < -0.39 is 0 Å². The molecule has 4 heteroatoms. The first-order valence-corrected chi connectivity index (χ1v) is 6.40. The van der Waals surface area contributed by atoms with Crippen molar-refractivity contribution in [2.24, 2.45) is 0 Å². The summed E-state index contributed by atoms with van der Waals surface area (Å²) in [6, 6.07) is 6.59. The monoisotopic (exact) mass is 250 g/mol. The largest absolute Gasteiger partial charge is 0.395 e. The molecule has 0 bridgehead atoms. The van der Waals surface area contributed by atoms with Crippen molar-refractivity contribution in [1.29, 1.82) is 0 Å². The molecule has 1 aromatic rings. The fourth-order valence-electron chi connectivity index (χ4n) is 2.37. The highest BCUT2D eigenvalue weighted by Gasteiger charge is 2.15. The Hall–Kier alpha value is -1.10. The summed E-state index contributed by atoms with van der Waals surface area (Å²) < 4.78 is 5.04. The average molecular weight is 250 g/mol. The topological polar surface area (TPSA) is 44.7 Å². The molecule has 0 amide bonds. The number of hydrogen-bond acceptors (Lipinski definition) is 4. The second kappa shape index (κ2) is 6.18.